The van der Waals surface area contributed by atoms with Crippen LogP contribution in [0.5, 0.6) is 0 Å². The first-order valence-corrected chi connectivity index (χ1v) is 6.44. The lowest BCUT2D eigenvalue weighted by atomic mass is 10.1. The van der Waals surface area contributed by atoms with E-state index in [1.165, 1.54) is 0 Å². The summed E-state index contributed by atoms with van der Waals surface area (Å²) < 4.78 is 0.877. The number of carbonyl (C=O) groups is 1. The molecule has 0 atom stereocenters. The molecule has 1 amide bonds. The van der Waals surface area contributed by atoms with Crippen LogP contribution >= 0.6 is 28.3 Å². The van der Waals surface area contributed by atoms with Crippen molar-refractivity contribution < 1.29 is 4.79 Å². The first-order chi connectivity index (χ1) is 8.26. The van der Waals surface area contributed by atoms with Crippen LogP contribution in [-0.2, 0) is 4.79 Å². The molecule has 0 aliphatic rings. The topological polar surface area (TPSA) is 71.2 Å². The van der Waals surface area contributed by atoms with Crippen molar-refractivity contribution in [3.8, 4) is 0 Å². The van der Waals surface area contributed by atoms with Gasteiger partial charge in [-0.05, 0) is 49.0 Å². The molecule has 0 radical (unpaired) electrons. The van der Waals surface area contributed by atoms with Crippen LogP contribution in [-0.4, -0.2) is 41.5 Å². The first kappa shape index (κ1) is 18.3. The van der Waals surface area contributed by atoms with Crippen LogP contribution in [0.3, 0.4) is 0 Å². The molecule has 0 bridgehead atoms. The molecular formula is C12H20BrClN4O. The SMILES string of the molecule is CN(CC(=O)Nc1ccc(Br)cn1)CC(C)(C)N.Cl. The lowest BCUT2D eigenvalue weighted by Crippen LogP contribution is -2.45. The molecule has 108 valence electrons. The lowest BCUT2D eigenvalue weighted by molar-refractivity contribution is -0.117. The number of hydrogen-bond acceptors (Lipinski definition) is 4. The number of carbonyl (C=O) groups excluding carboxylic acids is 1. The lowest BCUT2D eigenvalue weighted by Gasteiger charge is -2.25. The fourth-order valence-electron chi connectivity index (χ4n) is 1.63. The normalized spacial score (nSPS) is 11.1. The predicted octanol–water partition coefficient (Wildman–Crippen LogP) is 1.87. The maximum atomic E-state index is 11.7. The van der Waals surface area contributed by atoms with Crippen molar-refractivity contribution in [1.82, 2.24) is 9.88 Å². The number of amides is 1. The van der Waals surface area contributed by atoms with E-state index in [1.54, 1.807) is 12.3 Å². The molecule has 1 heterocycles. The Morgan fingerprint density at radius 2 is 2.16 bits per heavy atom. The van der Waals surface area contributed by atoms with Crippen LogP contribution in [0.15, 0.2) is 22.8 Å². The molecule has 0 saturated heterocycles. The number of nitrogens with zero attached hydrogens (tertiary/aromatic N) is 2. The number of likely N-dealkylation sites (N-methyl/N-ethyl adjacent to an activating group) is 1. The molecule has 0 saturated carbocycles. The zero-order valence-corrected chi connectivity index (χ0v) is 13.7. The maximum absolute atomic E-state index is 11.7. The second-order valence-electron chi connectivity index (χ2n) is 5.07. The average molecular weight is 352 g/mol. The molecule has 3 N–H and O–H groups in total. The second kappa shape index (κ2) is 7.79. The van der Waals surface area contributed by atoms with Gasteiger partial charge in [0.05, 0.1) is 6.54 Å². The molecule has 0 fully saturated rings. The van der Waals surface area contributed by atoms with Gasteiger partial charge in [-0.2, -0.15) is 0 Å². The summed E-state index contributed by atoms with van der Waals surface area (Å²) in [6, 6.07) is 3.57. The van der Waals surface area contributed by atoms with E-state index < -0.39 is 0 Å². The van der Waals surface area contributed by atoms with Gasteiger partial charge in [0.1, 0.15) is 5.82 Å². The Bertz CT molecular complexity index is 405. The molecule has 1 aromatic heterocycles. The van der Waals surface area contributed by atoms with Crippen molar-refractivity contribution in [3.63, 3.8) is 0 Å². The largest absolute Gasteiger partial charge is 0.324 e. The van der Waals surface area contributed by atoms with E-state index in [4.69, 9.17) is 5.73 Å². The number of nitrogens with two attached hydrogens (primary N) is 1. The molecule has 1 rings (SSSR count). The summed E-state index contributed by atoms with van der Waals surface area (Å²) in [6.07, 6.45) is 1.64. The van der Waals surface area contributed by atoms with Gasteiger partial charge in [-0.25, -0.2) is 4.98 Å². The van der Waals surface area contributed by atoms with Crippen molar-refractivity contribution in [2.24, 2.45) is 5.73 Å². The van der Waals surface area contributed by atoms with Crippen LogP contribution in [0, 0.1) is 0 Å². The minimum absolute atomic E-state index is 0. The molecule has 5 nitrogen and oxygen atoms in total. The fourth-order valence-corrected chi connectivity index (χ4v) is 1.86. The number of aromatic nitrogens is 1. The van der Waals surface area contributed by atoms with E-state index in [9.17, 15) is 4.79 Å². The van der Waals surface area contributed by atoms with Crippen molar-refractivity contribution in [1.29, 1.82) is 0 Å². The van der Waals surface area contributed by atoms with Gasteiger partial charge in [0.2, 0.25) is 5.91 Å². The van der Waals surface area contributed by atoms with E-state index in [0.717, 1.165) is 4.47 Å². The first-order valence-electron chi connectivity index (χ1n) is 5.65. The third-order valence-corrected chi connectivity index (χ3v) is 2.55. The van der Waals surface area contributed by atoms with Crippen molar-refractivity contribution in [2.45, 2.75) is 19.4 Å². The second-order valence-corrected chi connectivity index (χ2v) is 5.99. The monoisotopic (exact) mass is 350 g/mol. The highest BCUT2D eigenvalue weighted by atomic mass is 79.9. The standard InChI is InChI=1S/C12H19BrN4O.ClH/c1-12(2,14)8-17(3)7-11(18)16-10-5-4-9(13)6-15-10;/h4-6H,7-8,14H2,1-3H3,(H,15,16,18);1H. The highest BCUT2D eigenvalue weighted by molar-refractivity contribution is 9.10. The maximum Gasteiger partial charge on any atom is 0.239 e. The third kappa shape index (κ3) is 8.15. The van der Waals surface area contributed by atoms with Gasteiger partial charge in [-0.15, -0.1) is 12.4 Å². The van der Waals surface area contributed by atoms with E-state index >= 15 is 0 Å². The van der Waals surface area contributed by atoms with E-state index in [-0.39, 0.29) is 23.9 Å². The Morgan fingerprint density at radius 1 is 1.53 bits per heavy atom. The Kier molecular flexibility index (Phi) is 7.51. The predicted molar refractivity (Wildman–Crippen MR) is 83.6 cm³/mol. The Hall–Kier alpha value is -0.690. The van der Waals surface area contributed by atoms with Gasteiger partial charge in [0.15, 0.2) is 0 Å². The summed E-state index contributed by atoms with van der Waals surface area (Å²) in [5, 5.41) is 2.73. The van der Waals surface area contributed by atoms with E-state index in [2.05, 4.69) is 26.2 Å². The number of rotatable bonds is 5. The molecule has 7 heteroatoms. The summed E-state index contributed by atoms with van der Waals surface area (Å²) in [5.74, 6) is 0.445. The van der Waals surface area contributed by atoms with Crippen molar-refractivity contribution in [3.05, 3.63) is 22.8 Å². The van der Waals surface area contributed by atoms with Gasteiger partial charge in [0, 0.05) is 22.8 Å². The Labute approximate surface area is 128 Å². The van der Waals surface area contributed by atoms with Gasteiger partial charge in [-0.3, -0.25) is 9.69 Å². The number of pyridine rings is 1. The van der Waals surface area contributed by atoms with Crippen LogP contribution < -0.4 is 11.1 Å². The third-order valence-electron chi connectivity index (χ3n) is 2.09. The average Bonchev–Trinajstić information content (AvgIpc) is 2.18. The Morgan fingerprint density at radius 3 is 2.63 bits per heavy atom. The molecule has 0 aliphatic heterocycles. The van der Waals surface area contributed by atoms with Gasteiger partial charge >= 0.3 is 0 Å². The van der Waals surface area contributed by atoms with Crippen LogP contribution in [0.4, 0.5) is 5.82 Å². The summed E-state index contributed by atoms with van der Waals surface area (Å²) >= 11 is 3.29. The molecular weight excluding hydrogens is 332 g/mol. The van der Waals surface area contributed by atoms with Crippen molar-refractivity contribution in [2.75, 3.05) is 25.5 Å². The quantitative estimate of drug-likeness (QED) is 0.849. The Balaban J connectivity index is 0.00000324. The highest BCUT2D eigenvalue weighted by Crippen LogP contribution is 2.10. The smallest absolute Gasteiger partial charge is 0.239 e. The molecule has 1 aromatic rings. The minimum atomic E-state index is -0.315. The molecule has 0 aromatic carbocycles. The van der Waals surface area contributed by atoms with Gasteiger partial charge < -0.3 is 11.1 Å². The number of halogens is 2. The minimum Gasteiger partial charge on any atom is -0.324 e. The number of nitrogens with one attached hydrogen (secondary N) is 1. The summed E-state index contributed by atoms with van der Waals surface area (Å²) in [5.41, 5.74) is 5.58. The van der Waals surface area contributed by atoms with E-state index in [1.807, 2.05) is 31.9 Å². The summed E-state index contributed by atoms with van der Waals surface area (Å²) in [6.45, 7) is 4.79. The molecule has 19 heavy (non-hydrogen) atoms. The molecule has 0 spiro atoms. The molecule has 0 aliphatic carbocycles. The van der Waals surface area contributed by atoms with E-state index in [0.29, 0.717) is 18.9 Å². The van der Waals surface area contributed by atoms with Crippen LogP contribution in [0.1, 0.15) is 13.8 Å². The van der Waals surface area contributed by atoms with Crippen LogP contribution in [0.25, 0.3) is 0 Å². The zero-order valence-electron chi connectivity index (χ0n) is 11.3. The van der Waals surface area contributed by atoms with Gasteiger partial charge in [0.25, 0.3) is 0 Å². The highest BCUT2D eigenvalue weighted by Gasteiger charge is 2.16. The summed E-state index contributed by atoms with van der Waals surface area (Å²) in [4.78, 5) is 17.7. The zero-order chi connectivity index (χ0) is 13.8. The van der Waals surface area contributed by atoms with Crippen LogP contribution in [0.2, 0.25) is 0 Å². The summed E-state index contributed by atoms with van der Waals surface area (Å²) in [7, 11) is 1.86. The number of anilines is 1. The molecule has 0 unspecified atom stereocenters. The van der Waals surface area contributed by atoms with Gasteiger partial charge in [-0.1, -0.05) is 0 Å². The van der Waals surface area contributed by atoms with Crippen molar-refractivity contribution >= 4 is 40.1 Å². The number of hydrogen-bond donors (Lipinski definition) is 2. The fraction of sp³-hybridized carbons (Fsp3) is 0.500.